The summed E-state index contributed by atoms with van der Waals surface area (Å²) >= 11 is 0. The molecule has 0 saturated carbocycles. The van der Waals surface area contributed by atoms with E-state index in [-0.39, 0.29) is 6.03 Å². The largest absolute Gasteiger partial charge is 0.497 e. The molecule has 0 unspecified atom stereocenters. The first-order chi connectivity index (χ1) is 13.2. The van der Waals surface area contributed by atoms with Crippen LogP contribution < -0.4 is 15.4 Å². The first kappa shape index (κ1) is 18.8. The molecule has 0 aliphatic rings. The van der Waals surface area contributed by atoms with Gasteiger partial charge in [0, 0.05) is 29.7 Å². The second kappa shape index (κ2) is 9.12. The molecule has 1 aromatic heterocycles. The number of aromatic nitrogens is 1. The molecule has 142 valence electrons. The molecule has 3 aromatic rings. The van der Waals surface area contributed by atoms with Gasteiger partial charge in [-0.2, -0.15) is 0 Å². The number of urea groups is 1. The summed E-state index contributed by atoms with van der Waals surface area (Å²) < 4.78 is 5.23. The van der Waals surface area contributed by atoms with Gasteiger partial charge >= 0.3 is 6.03 Å². The van der Waals surface area contributed by atoms with E-state index in [1.54, 1.807) is 7.11 Å². The van der Waals surface area contributed by atoms with Crippen LogP contribution in [0.2, 0.25) is 0 Å². The van der Waals surface area contributed by atoms with Gasteiger partial charge in [0.15, 0.2) is 0 Å². The number of hydrogen-bond acceptors (Lipinski definition) is 2. The number of benzene rings is 2. The molecule has 27 heavy (non-hydrogen) atoms. The van der Waals surface area contributed by atoms with Gasteiger partial charge in [-0.05, 0) is 55.5 Å². The zero-order valence-electron chi connectivity index (χ0n) is 16.0. The lowest BCUT2D eigenvalue weighted by Gasteiger charge is -2.08. The predicted octanol–water partition coefficient (Wildman–Crippen LogP) is 3.96. The third-order valence-electron chi connectivity index (χ3n) is 4.75. The fourth-order valence-corrected chi connectivity index (χ4v) is 3.34. The van der Waals surface area contributed by atoms with Crippen molar-refractivity contribution >= 4 is 16.9 Å². The smallest absolute Gasteiger partial charge is 0.314 e. The Hall–Kier alpha value is -2.95. The number of carbonyl (C=O) groups is 1. The summed E-state index contributed by atoms with van der Waals surface area (Å²) in [6.07, 6.45) is 2.61. The maximum absolute atomic E-state index is 12.0. The number of ether oxygens (including phenoxy) is 1. The summed E-state index contributed by atoms with van der Waals surface area (Å²) in [4.78, 5) is 15.4. The van der Waals surface area contributed by atoms with Crippen molar-refractivity contribution in [2.45, 2.75) is 26.2 Å². The molecular weight excluding hydrogens is 338 g/mol. The molecule has 1 heterocycles. The van der Waals surface area contributed by atoms with Crippen LogP contribution in [-0.2, 0) is 12.8 Å². The Kier molecular flexibility index (Phi) is 6.36. The van der Waals surface area contributed by atoms with Crippen molar-refractivity contribution in [1.29, 1.82) is 0 Å². The monoisotopic (exact) mass is 365 g/mol. The zero-order valence-corrected chi connectivity index (χ0v) is 16.0. The van der Waals surface area contributed by atoms with Crippen LogP contribution in [0.1, 0.15) is 23.2 Å². The first-order valence-corrected chi connectivity index (χ1v) is 9.38. The van der Waals surface area contributed by atoms with Crippen LogP contribution in [0.5, 0.6) is 5.75 Å². The second-order valence-electron chi connectivity index (χ2n) is 6.66. The van der Waals surface area contributed by atoms with Gasteiger partial charge < -0.3 is 20.4 Å². The number of rotatable bonds is 8. The Bertz CT molecular complexity index is 901. The Balaban J connectivity index is 1.38. The van der Waals surface area contributed by atoms with Crippen molar-refractivity contribution in [3.8, 4) is 5.75 Å². The van der Waals surface area contributed by atoms with E-state index in [4.69, 9.17) is 4.74 Å². The Morgan fingerprint density at radius 1 is 1.04 bits per heavy atom. The summed E-state index contributed by atoms with van der Waals surface area (Å²) in [7, 11) is 1.67. The van der Waals surface area contributed by atoms with Crippen molar-refractivity contribution < 1.29 is 9.53 Å². The molecule has 3 N–H and O–H groups in total. The van der Waals surface area contributed by atoms with Crippen LogP contribution in [0.15, 0.2) is 48.5 Å². The van der Waals surface area contributed by atoms with Crippen LogP contribution >= 0.6 is 0 Å². The highest BCUT2D eigenvalue weighted by Gasteiger charge is 2.08. The van der Waals surface area contributed by atoms with Crippen molar-refractivity contribution in [2.24, 2.45) is 0 Å². The fraction of sp³-hybridized carbons (Fsp3) is 0.318. The van der Waals surface area contributed by atoms with Crippen molar-refractivity contribution in [3.05, 3.63) is 65.4 Å². The molecule has 0 aliphatic heterocycles. The van der Waals surface area contributed by atoms with Gasteiger partial charge in [0.2, 0.25) is 0 Å². The first-order valence-electron chi connectivity index (χ1n) is 9.38. The van der Waals surface area contributed by atoms with Gasteiger partial charge in [-0.1, -0.05) is 30.3 Å². The molecule has 2 amide bonds. The highest BCUT2D eigenvalue weighted by molar-refractivity contribution is 5.84. The SMILES string of the molecule is COc1cccc(CCCNC(=O)NCCc2c(C)[nH]c3ccccc23)c1. The van der Waals surface area contributed by atoms with Gasteiger partial charge in [-0.3, -0.25) is 0 Å². The molecule has 0 spiro atoms. The molecule has 0 saturated heterocycles. The summed E-state index contributed by atoms with van der Waals surface area (Å²) in [5.74, 6) is 0.866. The zero-order chi connectivity index (χ0) is 19.1. The number of methoxy groups -OCH3 is 1. The van der Waals surface area contributed by atoms with E-state index in [1.165, 1.54) is 16.5 Å². The third kappa shape index (κ3) is 5.03. The molecule has 0 radical (unpaired) electrons. The van der Waals surface area contributed by atoms with Crippen molar-refractivity contribution in [1.82, 2.24) is 15.6 Å². The lowest BCUT2D eigenvalue weighted by atomic mass is 10.1. The number of H-pyrrole nitrogens is 1. The normalized spacial score (nSPS) is 10.7. The van der Waals surface area contributed by atoms with Gasteiger partial charge in [-0.15, -0.1) is 0 Å². The number of fused-ring (bicyclic) bond motifs is 1. The highest BCUT2D eigenvalue weighted by atomic mass is 16.5. The van der Waals surface area contributed by atoms with Gasteiger partial charge in [0.25, 0.3) is 0 Å². The van der Waals surface area contributed by atoms with E-state index in [2.05, 4.69) is 40.7 Å². The average Bonchev–Trinajstić information content (AvgIpc) is 3.01. The average molecular weight is 365 g/mol. The predicted molar refractivity (Wildman–Crippen MR) is 109 cm³/mol. The number of aryl methyl sites for hydroxylation is 2. The van der Waals surface area contributed by atoms with E-state index >= 15 is 0 Å². The Labute approximate surface area is 160 Å². The number of para-hydroxylation sites is 1. The molecule has 3 rings (SSSR count). The lowest BCUT2D eigenvalue weighted by molar-refractivity contribution is 0.241. The lowest BCUT2D eigenvalue weighted by Crippen LogP contribution is -2.37. The summed E-state index contributed by atoms with van der Waals surface area (Å²) in [6, 6.07) is 16.2. The van der Waals surface area contributed by atoms with E-state index in [1.807, 2.05) is 30.3 Å². The van der Waals surface area contributed by atoms with Crippen molar-refractivity contribution in [3.63, 3.8) is 0 Å². The second-order valence-corrected chi connectivity index (χ2v) is 6.66. The molecule has 5 nitrogen and oxygen atoms in total. The van der Waals surface area contributed by atoms with Gasteiger partial charge in [-0.25, -0.2) is 4.79 Å². The van der Waals surface area contributed by atoms with Crippen LogP contribution in [0.4, 0.5) is 4.79 Å². The summed E-state index contributed by atoms with van der Waals surface area (Å²) in [6.45, 7) is 3.34. The molecule has 2 aromatic carbocycles. The third-order valence-corrected chi connectivity index (χ3v) is 4.75. The van der Waals surface area contributed by atoms with E-state index in [0.29, 0.717) is 13.1 Å². The number of nitrogens with one attached hydrogen (secondary N) is 3. The summed E-state index contributed by atoms with van der Waals surface area (Å²) in [5.41, 5.74) is 4.79. The van der Waals surface area contributed by atoms with E-state index in [9.17, 15) is 4.79 Å². The van der Waals surface area contributed by atoms with Gasteiger partial charge in [0.05, 0.1) is 7.11 Å². The number of carbonyl (C=O) groups excluding carboxylic acids is 1. The standard InChI is InChI=1S/C22H27N3O2/c1-16-19(20-10-3-4-11-21(20)25-16)12-14-24-22(26)23-13-6-8-17-7-5-9-18(15-17)27-2/h3-5,7,9-11,15,25H,6,8,12-14H2,1-2H3,(H2,23,24,26). The van der Waals surface area contributed by atoms with E-state index < -0.39 is 0 Å². The molecule has 0 bridgehead atoms. The van der Waals surface area contributed by atoms with Crippen LogP contribution in [0.3, 0.4) is 0 Å². The minimum absolute atomic E-state index is 0.113. The van der Waals surface area contributed by atoms with Crippen LogP contribution in [0.25, 0.3) is 10.9 Å². The van der Waals surface area contributed by atoms with Gasteiger partial charge in [0.1, 0.15) is 5.75 Å². The summed E-state index contributed by atoms with van der Waals surface area (Å²) in [5, 5.41) is 7.10. The minimum Gasteiger partial charge on any atom is -0.497 e. The molecule has 0 aliphatic carbocycles. The topological polar surface area (TPSA) is 66.2 Å². The molecular formula is C22H27N3O2. The Morgan fingerprint density at radius 2 is 1.85 bits per heavy atom. The molecule has 5 heteroatoms. The maximum Gasteiger partial charge on any atom is 0.314 e. The number of aromatic amines is 1. The highest BCUT2D eigenvalue weighted by Crippen LogP contribution is 2.21. The Morgan fingerprint density at radius 3 is 2.70 bits per heavy atom. The van der Waals surface area contributed by atoms with Crippen molar-refractivity contribution in [2.75, 3.05) is 20.2 Å². The number of amides is 2. The quantitative estimate of drug-likeness (QED) is 0.529. The van der Waals surface area contributed by atoms with E-state index in [0.717, 1.165) is 36.2 Å². The molecule has 0 fully saturated rings. The fourth-order valence-electron chi connectivity index (χ4n) is 3.34. The van der Waals surface area contributed by atoms with Crippen LogP contribution in [0, 0.1) is 6.92 Å². The maximum atomic E-state index is 12.0. The minimum atomic E-state index is -0.113. The number of hydrogen-bond donors (Lipinski definition) is 3. The molecule has 0 atom stereocenters. The van der Waals surface area contributed by atoms with Crippen LogP contribution in [-0.4, -0.2) is 31.2 Å².